The van der Waals surface area contributed by atoms with Gasteiger partial charge in [-0.25, -0.2) is 4.79 Å². The molecule has 0 atom stereocenters. The highest BCUT2D eigenvalue weighted by Crippen LogP contribution is 2.29. The van der Waals surface area contributed by atoms with Crippen LogP contribution in [0.15, 0.2) is 66.7 Å². The van der Waals surface area contributed by atoms with Crippen LogP contribution in [0.4, 0.5) is 27.5 Å². The zero-order valence-electron chi connectivity index (χ0n) is 25.8. The second-order valence-electron chi connectivity index (χ2n) is 10.1. The van der Waals surface area contributed by atoms with Gasteiger partial charge in [0.25, 0.3) is 5.91 Å². The first-order chi connectivity index (χ1) is 22.0. The minimum Gasteiger partial charge on any atom is -0.481 e. The lowest BCUT2D eigenvalue weighted by Crippen LogP contribution is -2.40. The number of fused-ring (bicyclic) bond motifs is 1. The molecule has 5 amide bonds. The van der Waals surface area contributed by atoms with E-state index in [1.54, 1.807) is 30.3 Å². The lowest BCUT2D eigenvalue weighted by atomic mass is 10.1. The summed E-state index contributed by atoms with van der Waals surface area (Å²) in [4.78, 5) is 76.0. The van der Waals surface area contributed by atoms with Crippen molar-refractivity contribution in [2.24, 2.45) is 0 Å². The van der Waals surface area contributed by atoms with Gasteiger partial charge in [-0.3, -0.25) is 24.0 Å². The third-order valence-corrected chi connectivity index (χ3v) is 6.83. The van der Waals surface area contributed by atoms with Crippen molar-refractivity contribution in [3.8, 4) is 0 Å². The molecule has 3 aromatic rings. The number of hydrogen-bond donors (Lipinski definition) is 5. The van der Waals surface area contributed by atoms with Crippen LogP contribution in [-0.2, 0) is 25.6 Å². The molecule has 1 aliphatic heterocycles. The summed E-state index contributed by atoms with van der Waals surface area (Å²) in [6.07, 6.45) is -0.765. The average Bonchev–Trinajstić information content (AvgIpc) is 3.11. The van der Waals surface area contributed by atoms with Gasteiger partial charge in [-0.1, -0.05) is 44.2 Å². The molecule has 0 saturated carbocycles. The van der Waals surface area contributed by atoms with Crippen LogP contribution in [0.25, 0.3) is 0 Å². The summed E-state index contributed by atoms with van der Waals surface area (Å²) in [5.74, 6) is -3.83. The third-order valence-electron chi connectivity index (χ3n) is 6.83. The van der Waals surface area contributed by atoms with Gasteiger partial charge in [0.05, 0.1) is 30.5 Å². The Balaban J connectivity index is 0.00000282. The van der Waals surface area contributed by atoms with Gasteiger partial charge >= 0.3 is 18.0 Å². The number of para-hydroxylation sites is 1. The van der Waals surface area contributed by atoms with Gasteiger partial charge in [-0.2, -0.15) is 0 Å². The maximum absolute atomic E-state index is 13.3. The van der Waals surface area contributed by atoms with E-state index >= 15 is 0 Å². The summed E-state index contributed by atoms with van der Waals surface area (Å²) in [5.41, 5.74) is 3.25. The van der Waals surface area contributed by atoms with Crippen molar-refractivity contribution in [2.75, 3.05) is 40.5 Å². The number of hydrogen-bond acceptors (Lipinski definition) is 6. The summed E-state index contributed by atoms with van der Waals surface area (Å²) >= 11 is 0. The lowest BCUT2D eigenvalue weighted by Gasteiger charge is -2.22. The molecule has 5 N–H and O–H groups in total. The monoisotopic (exact) mass is 631 g/mol. The minimum absolute atomic E-state index is 0.0192. The van der Waals surface area contributed by atoms with E-state index in [0.717, 1.165) is 10.5 Å². The smallest absolute Gasteiger partial charge is 0.323 e. The first kappa shape index (κ1) is 34.8. The zero-order valence-corrected chi connectivity index (χ0v) is 25.8. The van der Waals surface area contributed by atoms with Crippen LogP contribution in [0.3, 0.4) is 0 Å². The molecule has 3 aromatic carbocycles. The molecule has 0 fully saturated rings. The number of carboxylic acid groups (broad SMARTS) is 2. The molecule has 0 unspecified atom stereocenters. The van der Waals surface area contributed by atoms with Crippen LogP contribution in [0.1, 0.15) is 48.2 Å². The molecule has 46 heavy (non-hydrogen) atoms. The molecular formula is C33H37N5O8. The van der Waals surface area contributed by atoms with Crippen LogP contribution in [0, 0.1) is 6.92 Å². The molecule has 0 aromatic heterocycles. The van der Waals surface area contributed by atoms with Gasteiger partial charge in [-0.05, 0) is 54.4 Å². The van der Waals surface area contributed by atoms with E-state index in [9.17, 15) is 28.8 Å². The number of aryl methyl sites for hydroxylation is 1. The minimum atomic E-state index is -1.15. The Morgan fingerprint density at radius 3 is 2.07 bits per heavy atom. The highest BCUT2D eigenvalue weighted by atomic mass is 16.4. The Labute approximate surface area is 266 Å². The number of anilines is 4. The quantitative estimate of drug-likeness (QED) is 0.203. The number of amides is 5. The maximum Gasteiger partial charge on any atom is 0.323 e. The van der Waals surface area contributed by atoms with E-state index in [-0.39, 0.29) is 49.3 Å². The predicted octanol–water partition coefficient (Wildman–Crippen LogP) is 4.58. The second kappa shape index (κ2) is 16.4. The van der Waals surface area contributed by atoms with E-state index in [4.69, 9.17) is 10.2 Å². The number of carbonyl (C=O) groups is 6. The third kappa shape index (κ3) is 9.64. The molecular weight excluding hydrogens is 594 g/mol. The molecule has 0 radical (unpaired) electrons. The first-order valence-corrected chi connectivity index (χ1v) is 14.7. The number of rotatable bonds is 11. The number of nitrogens with zero attached hydrogens (tertiary/aromatic N) is 2. The number of urea groups is 1. The summed E-state index contributed by atoms with van der Waals surface area (Å²) in [5, 5.41) is 26.4. The molecule has 0 bridgehead atoms. The standard InChI is InChI=1S/C31H31N5O8.C2H6/c1-19-4-2-3-5-24(19)34-31(44)33-21-8-6-20(7-9-21)16-26(37)32-22-10-11-25-23(17-22)30(43)35(14-12-28(39)40)18-27(38)36(25)15-13-29(41)42;1-2/h2-11,17H,12-16,18H2,1H3,(H,32,37)(H,39,40)(H,41,42)(H2,33,34,44);1-2H3. The summed E-state index contributed by atoms with van der Waals surface area (Å²) in [7, 11) is 0. The van der Waals surface area contributed by atoms with Crippen molar-refractivity contribution in [3.05, 3.63) is 83.4 Å². The van der Waals surface area contributed by atoms with Gasteiger partial charge in [-0.15, -0.1) is 0 Å². The van der Waals surface area contributed by atoms with E-state index in [2.05, 4.69) is 16.0 Å². The van der Waals surface area contributed by atoms with Crippen LogP contribution in [-0.4, -0.2) is 70.4 Å². The van der Waals surface area contributed by atoms with Crippen LogP contribution >= 0.6 is 0 Å². The highest BCUT2D eigenvalue weighted by molar-refractivity contribution is 6.11. The SMILES string of the molecule is CC.Cc1ccccc1NC(=O)Nc1ccc(CC(=O)Nc2ccc3c(c2)C(=O)N(CCC(=O)O)CC(=O)N3CCC(=O)O)cc1. The Bertz CT molecular complexity index is 1610. The average molecular weight is 632 g/mol. The summed E-state index contributed by atoms with van der Waals surface area (Å²) < 4.78 is 0. The fourth-order valence-corrected chi connectivity index (χ4v) is 4.60. The Morgan fingerprint density at radius 2 is 1.41 bits per heavy atom. The molecule has 242 valence electrons. The molecule has 4 rings (SSSR count). The normalized spacial score (nSPS) is 12.2. The van der Waals surface area contributed by atoms with Crippen LogP contribution in [0.5, 0.6) is 0 Å². The van der Waals surface area contributed by atoms with Gasteiger partial charge in [0.2, 0.25) is 11.8 Å². The lowest BCUT2D eigenvalue weighted by molar-refractivity contribution is -0.138. The fourth-order valence-electron chi connectivity index (χ4n) is 4.60. The van der Waals surface area contributed by atoms with Gasteiger partial charge < -0.3 is 36.0 Å². The second-order valence-corrected chi connectivity index (χ2v) is 10.1. The maximum atomic E-state index is 13.3. The molecule has 0 spiro atoms. The Kier molecular flexibility index (Phi) is 12.4. The van der Waals surface area contributed by atoms with Crippen molar-refractivity contribution in [1.82, 2.24) is 4.90 Å². The number of aliphatic carboxylic acids is 2. The molecule has 0 saturated heterocycles. The molecule has 1 aliphatic rings. The van der Waals surface area contributed by atoms with Crippen molar-refractivity contribution in [1.29, 1.82) is 0 Å². The number of nitrogens with one attached hydrogen (secondary N) is 3. The molecule has 13 nitrogen and oxygen atoms in total. The van der Waals surface area contributed by atoms with E-state index in [0.29, 0.717) is 16.9 Å². The number of carbonyl (C=O) groups excluding carboxylic acids is 4. The van der Waals surface area contributed by atoms with Crippen LogP contribution in [0.2, 0.25) is 0 Å². The van der Waals surface area contributed by atoms with Gasteiger partial charge in [0.15, 0.2) is 0 Å². The fraction of sp³-hybridized carbons (Fsp3) is 0.273. The van der Waals surface area contributed by atoms with Crippen molar-refractivity contribution in [2.45, 2.75) is 40.0 Å². The largest absolute Gasteiger partial charge is 0.481 e. The highest BCUT2D eigenvalue weighted by Gasteiger charge is 2.32. The van der Waals surface area contributed by atoms with Crippen molar-refractivity contribution in [3.63, 3.8) is 0 Å². The molecule has 13 heteroatoms. The topological polar surface area (TPSA) is 185 Å². The first-order valence-electron chi connectivity index (χ1n) is 14.7. The van der Waals surface area contributed by atoms with Gasteiger partial charge in [0, 0.05) is 30.2 Å². The van der Waals surface area contributed by atoms with Crippen LogP contribution < -0.4 is 20.9 Å². The molecule has 0 aliphatic carbocycles. The number of carboxylic acids is 2. The van der Waals surface area contributed by atoms with Crippen molar-refractivity contribution >= 4 is 58.4 Å². The molecule has 1 heterocycles. The van der Waals surface area contributed by atoms with Crippen molar-refractivity contribution < 1.29 is 39.0 Å². The summed E-state index contributed by atoms with van der Waals surface area (Å²) in [6.45, 7) is 5.06. The predicted molar refractivity (Wildman–Crippen MR) is 173 cm³/mol. The Morgan fingerprint density at radius 1 is 0.783 bits per heavy atom. The summed E-state index contributed by atoms with van der Waals surface area (Å²) in [6, 6.07) is 18.0. The van der Waals surface area contributed by atoms with Gasteiger partial charge in [0.1, 0.15) is 6.54 Å². The zero-order chi connectivity index (χ0) is 33.8. The number of benzene rings is 3. The van der Waals surface area contributed by atoms with E-state index in [1.807, 2.05) is 39.0 Å². The van der Waals surface area contributed by atoms with E-state index in [1.165, 1.54) is 23.1 Å². The van der Waals surface area contributed by atoms with E-state index < -0.39 is 42.2 Å². The Hall–Kier alpha value is -5.72.